The number of rotatable bonds is 5. The van der Waals surface area contributed by atoms with Gasteiger partial charge in [0.05, 0.1) is 22.0 Å². The summed E-state index contributed by atoms with van der Waals surface area (Å²) >= 11 is 0. The average molecular weight is 635 g/mol. The second-order valence-corrected chi connectivity index (χ2v) is 14.7. The summed E-state index contributed by atoms with van der Waals surface area (Å²) < 4.78 is 13.4. The Morgan fingerprint density at radius 3 is 1.20 bits per heavy atom. The van der Waals surface area contributed by atoms with Gasteiger partial charge in [0.1, 0.15) is 0 Å². The highest BCUT2D eigenvalue weighted by Crippen LogP contribution is 2.69. The lowest BCUT2D eigenvalue weighted by molar-refractivity contribution is 0.00578. The lowest BCUT2D eigenvalue weighted by atomic mass is 9.63. The number of hydrogen-bond donors (Lipinski definition) is 0. The number of hydrogen-bond acceptors (Lipinski definition) is 2. The molecule has 3 aliphatic rings. The van der Waals surface area contributed by atoms with Crippen molar-refractivity contribution in [3.05, 3.63) is 208 Å². The summed E-state index contributed by atoms with van der Waals surface area (Å²) in [6.45, 7) is 8.50. The Morgan fingerprint density at radius 2 is 0.755 bits per heavy atom. The Hall–Kier alpha value is -4.96. The van der Waals surface area contributed by atoms with Gasteiger partial charge < -0.3 is 9.31 Å². The number of benzene rings is 6. The van der Waals surface area contributed by atoms with Gasteiger partial charge >= 0.3 is 7.12 Å². The molecule has 238 valence electrons. The second kappa shape index (κ2) is 10.8. The van der Waals surface area contributed by atoms with Crippen molar-refractivity contribution in [3.63, 3.8) is 0 Å². The van der Waals surface area contributed by atoms with E-state index in [1.807, 2.05) is 0 Å². The highest BCUT2D eigenvalue weighted by atomic mass is 16.7. The van der Waals surface area contributed by atoms with Crippen molar-refractivity contribution in [2.75, 3.05) is 0 Å². The molecule has 49 heavy (non-hydrogen) atoms. The molecule has 2 aliphatic carbocycles. The van der Waals surface area contributed by atoms with Crippen LogP contribution in [-0.2, 0) is 20.1 Å². The van der Waals surface area contributed by atoms with Crippen molar-refractivity contribution < 1.29 is 9.31 Å². The standard InChI is InChI=1S/C46H39BO2/c1-43(2)44(3,4)49-47(48-43)36-29-30-38-40(31-36)46(34-23-13-7-14-24-34,35-25-15-8-16-26-35)41-37-27-17-18-28-39(37)45(42(38)41,32-19-9-5-10-20-32)33-21-11-6-12-22-33/h5-31H,1-4H3. The van der Waals surface area contributed by atoms with Crippen LogP contribution in [0.15, 0.2) is 164 Å². The van der Waals surface area contributed by atoms with Crippen molar-refractivity contribution >= 4 is 23.7 Å². The zero-order valence-corrected chi connectivity index (χ0v) is 28.5. The minimum absolute atomic E-state index is 0.443. The predicted molar refractivity (Wildman–Crippen MR) is 201 cm³/mol. The fraction of sp³-hybridized carbons (Fsp3) is 0.174. The maximum atomic E-state index is 6.68. The Labute approximate surface area is 290 Å². The summed E-state index contributed by atoms with van der Waals surface area (Å²) in [6, 6.07) is 60.5. The predicted octanol–water partition coefficient (Wildman–Crippen LogP) is 9.59. The van der Waals surface area contributed by atoms with E-state index < -0.39 is 29.2 Å². The molecule has 9 rings (SSSR count). The third-order valence-electron chi connectivity index (χ3n) is 11.7. The van der Waals surface area contributed by atoms with Crippen molar-refractivity contribution in [2.45, 2.75) is 49.7 Å². The molecule has 1 aliphatic heterocycles. The molecule has 0 spiro atoms. The van der Waals surface area contributed by atoms with Crippen molar-refractivity contribution in [1.82, 2.24) is 0 Å². The van der Waals surface area contributed by atoms with Crippen LogP contribution in [0.3, 0.4) is 0 Å². The third kappa shape index (κ3) is 4.04. The molecule has 6 aromatic rings. The van der Waals surface area contributed by atoms with Gasteiger partial charge in [0, 0.05) is 0 Å². The Morgan fingerprint density at radius 1 is 0.388 bits per heavy atom. The van der Waals surface area contributed by atoms with Gasteiger partial charge in [-0.3, -0.25) is 0 Å². The molecule has 0 radical (unpaired) electrons. The molecule has 1 heterocycles. The van der Waals surface area contributed by atoms with Gasteiger partial charge in [-0.2, -0.15) is 0 Å². The minimum Gasteiger partial charge on any atom is -0.399 e. The van der Waals surface area contributed by atoms with Crippen LogP contribution in [0.1, 0.15) is 72.2 Å². The molecular weight excluding hydrogens is 595 g/mol. The lowest BCUT2D eigenvalue weighted by Crippen LogP contribution is -2.41. The van der Waals surface area contributed by atoms with Crippen LogP contribution in [0.5, 0.6) is 0 Å². The van der Waals surface area contributed by atoms with Crippen LogP contribution in [-0.4, -0.2) is 18.3 Å². The largest absolute Gasteiger partial charge is 0.494 e. The average Bonchev–Trinajstić information content (AvgIpc) is 3.70. The molecule has 3 heteroatoms. The van der Waals surface area contributed by atoms with E-state index in [0.29, 0.717) is 0 Å². The van der Waals surface area contributed by atoms with Crippen molar-refractivity contribution in [3.8, 4) is 0 Å². The topological polar surface area (TPSA) is 18.5 Å². The Bertz CT molecular complexity index is 2120. The summed E-state index contributed by atoms with van der Waals surface area (Å²) in [5.74, 6) is 0. The molecule has 0 saturated carbocycles. The summed E-state index contributed by atoms with van der Waals surface area (Å²) in [5, 5.41) is 0. The summed E-state index contributed by atoms with van der Waals surface area (Å²) in [5.41, 5.74) is 11.8. The van der Waals surface area contributed by atoms with E-state index in [2.05, 4.69) is 191 Å². The normalized spacial score (nSPS) is 19.0. The van der Waals surface area contributed by atoms with Gasteiger partial charge in [0.25, 0.3) is 0 Å². The van der Waals surface area contributed by atoms with E-state index in [4.69, 9.17) is 9.31 Å². The molecule has 0 amide bonds. The molecule has 0 atom stereocenters. The maximum absolute atomic E-state index is 6.68. The lowest BCUT2D eigenvalue weighted by Gasteiger charge is -2.37. The first kappa shape index (κ1) is 30.1. The molecule has 0 N–H and O–H groups in total. The molecule has 0 bridgehead atoms. The molecule has 0 unspecified atom stereocenters. The van der Waals surface area contributed by atoms with Crippen LogP contribution >= 0.6 is 0 Å². The highest BCUT2D eigenvalue weighted by Gasteiger charge is 2.60. The van der Waals surface area contributed by atoms with Gasteiger partial charge in [-0.25, -0.2) is 0 Å². The fourth-order valence-electron chi connectivity index (χ4n) is 8.85. The highest BCUT2D eigenvalue weighted by molar-refractivity contribution is 6.62. The number of fused-ring (bicyclic) bond motifs is 4. The van der Waals surface area contributed by atoms with Gasteiger partial charge in [-0.15, -0.1) is 0 Å². The molecule has 1 saturated heterocycles. The first-order chi connectivity index (χ1) is 23.8. The molecule has 1 fully saturated rings. The van der Waals surface area contributed by atoms with Crippen LogP contribution < -0.4 is 5.46 Å². The van der Waals surface area contributed by atoms with E-state index in [1.54, 1.807) is 0 Å². The van der Waals surface area contributed by atoms with E-state index in [1.165, 1.54) is 55.7 Å². The van der Waals surface area contributed by atoms with Crippen LogP contribution in [0.2, 0.25) is 0 Å². The van der Waals surface area contributed by atoms with Gasteiger partial charge in [-0.1, -0.05) is 164 Å². The van der Waals surface area contributed by atoms with Gasteiger partial charge in [-0.05, 0) is 88.8 Å². The maximum Gasteiger partial charge on any atom is 0.494 e. The van der Waals surface area contributed by atoms with E-state index in [9.17, 15) is 0 Å². The zero-order valence-electron chi connectivity index (χ0n) is 28.5. The van der Waals surface area contributed by atoms with E-state index in [-0.39, 0.29) is 0 Å². The first-order valence-corrected chi connectivity index (χ1v) is 17.4. The van der Waals surface area contributed by atoms with Crippen molar-refractivity contribution in [2.24, 2.45) is 0 Å². The van der Waals surface area contributed by atoms with Crippen LogP contribution in [0, 0.1) is 0 Å². The van der Waals surface area contributed by atoms with Gasteiger partial charge in [0.15, 0.2) is 0 Å². The fourth-order valence-corrected chi connectivity index (χ4v) is 8.85. The molecule has 0 aromatic heterocycles. The molecule has 6 aromatic carbocycles. The first-order valence-electron chi connectivity index (χ1n) is 17.4. The van der Waals surface area contributed by atoms with E-state index >= 15 is 0 Å². The minimum atomic E-state index is -0.603. The summed E-state index contributed by atoms with van der Waals surface area (Å²) in [7, 11) is -0.477. The summed E-state index contributed by atoms with van der Waals surface area (Å²) in [4.78, 5) is 0. The van der Waals surface area contributed by atoms with Crippen LogP contribution in [0.4, 0.5) is 0 Å². The SMILES string of the molecule is CC1(C)OB(c2ccc3c(c2)C(c2ccccc2)(c2ccccc2)C2=C3C(c3ccccc3)(c3ccccc3)c3ccccc32)OC1(C)C. The third-order valence-corrected chi connectivity index (χ3v) is 11.7. The van der Waals surface area contributed by atoms with E-state index in [0.717, 1.165) is 5.46 Å². The smallest absolute Gasteiger partial charge is 0.399 e. The zero-order chi connectivity index (χ0) is 33.4. The van der Waals surface area contributed by atoms with Crippen molar-refractivity contribution in [1.29, 1.82) is 0 Å². The molecular formula is C46H39BO2. The monoisotopic (exact) mass is 634 g/mol. The number of allylic oxidation sites excluding steroid dienone is 2. The molecule has 2 nitrogen and oxygen atoms in total. The Kier molecular flexibility index (Phi) is 6.62. The quantitative estimate of drug-likeness (QED) is 0.176. The summed E-state index contributed by atoms with van der Waals surface area (Å²) in [6.07, 6.45) is 0. The van der Waals surface area contributed by atoms with Crippen LogP contribution in [0.25, 0.3) is 11.1 Å². The second-order valence-electron chi connectivity index (χ2n) is 14.7. The van der Waals surface area contributed by atoms with Gasteiger partial charge in [0.2, 0.25) is 0 Å². The Balaban J connectivity index is 1.45.